The van der Waals surface area contributed by atoms with Gasteiger partial charge in [0.05, 0.1) is 6.10 Å². The van der Waals surface area contributed by atoms with Gasteiger partial charge in [0.15, 0.2) is 0 Å². The summed E-state index contributed by atoms with van der Waals surface area (Å²) in [7, 11) is 0. The van der Waals surface area contributed by atoms with Crippen LogP contribution in [0.3, 0.4) is 0 Å². The van der Waals surface area contributed by atoms with Crippen LogP contribution in [-0.4, -0.2) is 17.5 Å². The van der Waals surface area contributed by atoms with Gasteiger partial charge in [-0.05, 0) is 78.4 Å². The van der Waals surface area contributed by atoms with Crippen molar-refractivity contribution in [2.75, 3.05) is 0 Å². The normalized spacial score (nSPS) is 14.7. The molecule has 2 nitrogen and oxygen atoms in total. The highest BCUT2D eigenvalue weighted by molar-refractivity contribution is 5.66. The topological polar surface area (TPSA) is 37.3 Å². The first-order valence-electron chi connectivity index (χ1n) is 8.11. The fourth-order valence-electron chi connectivity index (χ4n) is 2.06. The van der Waals surface area contributed by atoms with Gasteiger partial charge in [0.1, 0.15) is 6.29 Å². The van der Waals surface area contributed by atoms with Crippen molar-refractivity contribution in [3.8, 4) is 0 Å². The lowest BCUT2D eigenvalue weighted by atomic mass is 10.0. The van der Waals surface area contributed by atoms with Gasteiger partial charge in [0.25, 0.3) is 0 Å². The third kappa shape index (κ3) is 11.3. The van der Waals surface area contributed by atoms with Gasteiger partial charge in [0.2, 0.25) is 0 Å². The maximum Gasteiger partial charge on any atom is 0.142 e. The van der Waals surface area contributed by atoms with Gasteiger partial charge < -0.3 is 5.11 Å². The van der Waals surface area contributed by atoms with E-state index in [0.717, 1.165) is 32.0 Å². The molecule has 0 bridgehead atoms. The van der Waals surface area contributed by atoms with E-state index in [4.69, 9.17) is 0 Å². The van der Waals surface area contributed by atoms with Gasteiger partial charge in [-0.25, -0.2) is 0 Å². The molecule has 22 heavy (non-hydrogen) atoms. The van der Waals surface area contributed by atoms with Gasteiger partial charge in [-0.2, -0.15) is 0 Å². The minimum absolute atomic E-state index is 0.554. The number of aliphatic hydroxyl groups is 1. The predicted octanol–water partition coefficient (Wildman–Crippen LogP) is 5.30. The molecule has 0 aromatic carbocycles. The van der Waals surface area contributed by atoms with E-state index in [-0.39, 0.29) is 0 Å². The molecule has 0 radical (unpaired) electrons. The van der Waals surface area contributed by atoms with Crippen LogP contribution in [0.15, 0.2) is 46.6 Å². The van der Waals surface area contributed by atoms with Crippen LogP contribution in [0, 0.1) is 0 Å². The number of rotatable bonds is 10. The first-order chi connectivity index (χ1) is 10.4. The molecule has 0 aliphatic heterocycles. The Morgan fingerprint density at radius 1 is 0.909 bits per heavy atom. The molecule has 0 heterocycles. The molecule has 0 aliphatic rings. The summed E-state index contributed by atoms with van der Waals surface area (Å²) in [5.41, 5.74) is 4.82. The molecular weight excluding hydrogens is 272 g/mol. The Balaban J connectivity index is 4.13. The van der Waals surface area contributed by atoms with Crippen LogP contribution < -0.4 is 0 Å². The van der Waals surface area contributed by atoms with Crippen LogP contribution in [0.4, 0.5) is 0 Å². The lowest BCUT2D eigenvalue weighted by Gasteiger charge is -2.08. The van der Waals surface area contributed by atoms with Crippen molar-refractivity contribution >= 4 is 6.29 Å². The first-order valence-corrected chi connectivity index (χ1v) is 8.11. The van der Waals surface area contributed by atoms with Crippen molar-refractivity contribution < 1.29 is 9.90 Å². The lowest BCUT2D eigenvalue weighted by Crippen LogP contribution is -2.06. The molecule has 0 aromatic heterocycles. The standard InChI is InChI=1S/C20H32O2/c1-16(2)8-6-9-17(3)10-7-11-18(4)12-13-20(22)19(5)14-15-21/h8,10,12,14-15,20,22H,6-7,9,11,13H2,1-5H3. The second kappa shape index (κ2) is 12.2. The van der Waals surface area contributed by atoms with Crippen molar-refractivity contribution in [2.45, 2.75) is 72.8 Å². The zero-order chi connectivity index (χ0) is 17.0. The largest absolute Gasteiger partial charge is 0.388 e. The van der Waals surface area contributed by atoms with Crippen LogP contribution in [-0.2, 0) is 4.79 Å². The van der Waals surface area contributed by atoms with Crippen molar-refractivity contribution in [1.29, 1.82) is 0 Å². The van der Waals surface area contributed by atoms with Gasteiger partial charge >= 0.3 is 0 Å². The summed E-state index contributed by atoms with van der Waals surface area (Å²) < 4.78 is 0. The highest BCUT2D eigenvalue weighted by Crippen LogP contribution is 2.13. The number of hydrogen-bond acceptors (Lipinski definition) is 2. The van der Waals surface area contributed by atoms with Crippen LogP contribution >= 0.6 is 0 Å². The average molecular weight is 304 g/mol. The van der Waals surface area contributed by atoms with E-state index in [1.165, 1.54) is 22.8 Å². The van der Waals surface area contributed by atoms with Crippen LogP contribution in [0.5, 0.6) is 0 Å². The summed E-state index contributed by atoms with van der Waals surface area (Å²) in [6, 6.07) is 0. The van der Waals surface area contributed by atoms with Crippen molar-refractivity contribution in [1.82, 2.24) is 0 Å². The maximum absolute atomic E-state index is 10.4. The second-order valence-electron chi connectivity index (χ2n) is 6.26. The van der Waals surface area contributed by atoms with E-state index < -0.39 is 6.10 Å². The molecular formula is C20H32O2. The Morgan fingerprint density at radius 2 is 1.45 bits per heavy atom. The fraction of sp³-hybridized carbons (Fsp3) is 0.550. The number of allylic oxidation sites excluding steroid dienone is 6. The van der Waals surface area contributed by atoms with Gasteiger partial charge in [-0.3, -0.25) is 4.79 Å². The fourth-order valence-corrected chi connectivity index (χ4v) is 2.06. The zero-order valence-corrected chi connectivity index (χ0v) is 14.9. The molecule has 0 fully saturated rings. The number of carbonyl (C=O) groups is 1. The minimum Gasteiger partial charge on any atom is -0.388 e. The Kier molecular flexibility index (Phi) is 11.4. The molecule has 0 aromatic rings. The zero-order valence-electron chi connectivity index (χ0n) is 14.9. The molecule has 0 aliphatic carbocycles. The quantitative estimate of drug-likeness (QED) is 0.338. The van der Waals surface area contributed by atoms with Gasteiger partial charge in [-0.15, -0.1) is 0 Å². The molecule has 0 spiro atoms. The molecule has 1 atom stereocenters. The van der Waals surface area contributed by atoms with E-state index >= 15 is 0 Å². The second-order valence-corrected chi connectivity index (χ2v) is 6.26. The van der Waals surface area contributed by atoms with Crippen LogP contribution in [0.2, 0.25) is 0 Å². The van der Waals surface area contributed by atoms with Crippen molar-refractivity contribution in [2.24, 2.45) is 0 Å². The van der Waals surface area contributed by atoms with Crippen LogP contribution in [0.25, 0.3) is 0 Å². The lowest BCUT2D eigenvalue weighted by molar-refractivity contribution is -0.104. The van der Waals surface area contributed by atoms with E-state index in [1.54, 1.807) is 6.92 Å². The first kappa shape index (κ1) is 20.6. The van der Waals surface area contributed by atoms with Crippen LogP contribution in [0.1, 0.15) is 66.7 Å². The summed E-state index contributed by atoms with van der Waals surface area (Å²) in [4.78, 5) is 10.4. The SMILES string of the molecule is CC(C)=CCCC(C)=CCCC(C)=CCC(O)C(C)=CC=O. The van der Waals surface area contributed by atoms with E-state index in [2.05, 4.69) is 45.9 Å². The Morgan fingerprint density at radius 3 is 2.00 bits per heavy atom. The number of aldehydes is 1. The maximum atomic E-state index is 10.4. The molecule has 1 N–H and O–H groups in total. The Hall–Kier alpha value is -1.41. The van der Waals surface area contributed by atoms with E-state index in [0.29, 0.717) is 12.0 Å². The molecule has 0 rings (SSSR count). The highest BCUT2D eigenvalue weighted by Gasteiger charge is 2.03. The third-order valence-corrected chi connectivity index (χ3v) is 3.67. The summed E-state index contributed by atoms with van der Waals surface area (Å²) in [6.07, 6.45) is 13.1. The summed E-state index contributed by atoms with van der Waals surface area (Å²) in [6.45, 7) is 10.3. The smallest absolute Gasteiger partial charge is 0.142 e. The highest BCUT2D eigenvalue weighted by atomic mass is 16.3. The monoisotopic (exact) mass is 304 g/mol. The molecule has 2 heteroatoms. The van der Waals surface area contributed by atoms with Gasteiger partial charge in [-0.1, -0.05) is 34.9 Å². The van der Waals surface area contributed by atoms with Crippen molar-refractivity contribution in [3.05, 3.63) is 46.6 Å². The van der Waals surface area contributed by atoms with Gasteiger partial charge in [0, 0.05) is 0 Å². The third-order valence-electron chi connectivity index (χ3n) is 3.67. The van der Waals surface area contributed by atoms with E-state index in [9.17, 15) is 9.90 Å². The number of hydrogen-bond donors (Lipinski definition) is 1. The summed E-state index contributed by atoms with van der Waals surface area (Å²) in [5.74, 6) is 0. The minimum atomic E-state index is -0.554. The molecule has 124 valence electrons. The summed E-state index contributed by atoms with van der Waals surface area (Å²) in [5, 5.41) is 9.86. The Bertz CT molecular complexity index is 446. The Labute approximate surface area is 136 Å². The van der Waals surface area contributed by atoms with E-state index in [1.807, 2.05) is 0 Å². The number of carbonyl (C=O) groups excluding carboxylic acids is 1. The molecule has 0 saturated carbocycles. The summed E-state index contributed by atoms with van der Waals surface area (Å²) >= 11 is 0. The predicted molar refractivity (Wildman–Crippen MR) is 95.9 cm³/mol. The average Bonchev–Trinajstić information content (AvgIpc) is 2.44. The molecule has 1 unspecified atom stereocenters. The molecule has 0 saturated heterocycles. The van der Waals surface area contributed by atoms with Crippen molar-refractivity contribution in [3.63, 3.8) is 0 Å². The number of aliphatic hydroxyl groups excluding tert-OH is 1. The molecule has 0 amide bonds.